The lowest BCUT2D eigenvalue weighted by Crippen LogP contribution is -2.53. The molecule has 3 N–H and O–H groups in total. The molecular weight excluding hydrogens is 256 g/mol. The van der Waals surface area contributed by atoms with Gasteiger partial charge in [-0.1, -0.05) is 60.7 Å². The van der Waals surface area contributed by atoms with Gasteiger partial charge in [-0.05, 0) is 11.1 Å². The van der Waals surface area contributed by atoms with E-state index in [-0.39, 0.29) is 0 Å². The van der Waals surface area contributed by atoms with Crippen LogP contribution in [-0.2, 0) is 10.4 Å². The highest BCUT2D eigenvalue weighted by Crippen LogP contribution is 2.39. The summed E-state index contributed by atoms with van der Waals surface area (Å²) in [5.74, 6) is -2.60. The van der Waals surface area contributed by atoms with Gasteiger partial charge in [-0.2, -0.15) is 0 Å². The quantitative estimate of drug-likeness (QED) is 0.564. The molecule has 0 fully saturated rings. The highest BCUT2D eigenvalue weighted by molar-refractivity contribution is 5.53. The van der Waals surface area contributed by atoms with Crippen molar-refractivity contribution in [2.75, 3.05) is 0 Å². The predicted molar refractivity (Wildman–Crippen MR) is 73.7 cm³/mol. The summed E-state index contributed by atoms with van der Waals surface area (Å²) in [7, 11) is 0. The summed E-state index contributed by atoms with van der Waals surface area (Å²) < 4.78 is 0. The van der Waals surface area contributed by atoms with Crippen molar-refractivity contribution in [1.29, 1.82) is 0 Å². The van der Waals surface area contributed by atoms with Crippen LogP contribution in [0, 0.1) is 0 Å². The van der Waals surface area contributed by atoms with E-state index in [2.05, 4.69) is 0 Å². The molecule has 4 nitrogen and oxygen atoms in total. The third kappa shape index (κ3) is 2.36. The third-order valence-corrected chi connectivity index (χ3v) is 3.33. The molecule has 2 aromatic rings. The molecule has 2 aromatic carbocycles. The molecule has 0 atom stereocenters. The van der Waals surface area contributed by atoms with Crippen molar-refractivity contribution in [3.8, 4) is 0 Å². The summed E-state index contributed by atoms with van der Waals surface area (Å²) in [5, 5.41) is 31.4. The van der Waals surface area contributed by atoms with Crippen LogP contribution in [0.5, 0.6) is 0 Å². The highest BCUT2D eigenvalue weighted by atomic mass is 16.5. The molecule has 0 spiro atoms. The smallest absolute Gasteiger partial charge is 0.207 e. The van der Waals surface area contributed by atoms with Gasteiger partial charge < -0.3 is 20.1 Å². The Morgan fingerprint density at radius 2 is 1.20 bits per heavy atom. The average molecular weight is 272 g/mol. The van der Waals surface area contributed by atoms with Crippen molar-refractivity contribution < 1.29 is 20.1 Å². The lowest BCUT2D eigenvalue weighted by molar-refractivity contribution is -0.263. The summed E-state index contributed by atoms with van der Waals surface area (Å²) in [6.07, 6.45) is -0.232. The zero-order valence-electron chi connectivity index (χ0n) is 10.8. The molecule has 104 valence electrons. The van der Waals surface area contributed by atoms with Crippen LogP contribution in [0.15, 0.2) is 60.7 Å². The normalized spacial score (nSPS) is 12.2. The Labute approximate surface area is 116 Å². The van der Waals surface area contributed by atoms with Gasteiger partial charge in [-0.15, -0.1) is 0 Å². The number of aldehydes is 1. The Balaban J connectivity index is 2.64. The SMILES string of the molecule is O=CCC(O)(O)C(O)(c1ccccc1)c1ccccc1. The molecule has 0 aliphatic rings. The van der Waals surface area contributed by atoms with Gasteiger partial charge in [-0.25, -0.2) is 0 Å². The van der Waals surface area contributed by atoms with Crippen molar-refractivity contribution >= 4 is 6.29 Å². The summed E-state index contributed by atoms with van der Waals surface area (Å²) >= 11 is 0. The number of aliphatic hydroxyl groups is 3. The lowest BCUT2D eigenvalue weighted by atomic mass is 9.78. The van der Waals surface area contributed by atoms with E-state index in [0.29, 0.717) is 17.4 Å². The molecule has 0 heterocycles. The number of benzene rings is 2. The Kier molecular flexibility index (Phi) is 3.99. The van der Waals surface area contributed by atoms with E-state index < -0.39 is 17.8 Å². The van der Waals surface area contributed by atoms with Gasteiger partial charge in [0, 0.05) is 0 Å². The fourth-order valence-corrected chi connectivity index (χ4v) is 2.25. The molecule has 0 aromatic heterocycles. The molecule has 4 heteroatoms. The maximum absolute atomic E-state index is 11.0. The molecule has 0 saturated heterocycles. The Morgan fingerprint density at radius 3 is 1.55 bits per heavy atom. The van der Waals surface area contributed by atoms with E-state index in [0.717, 1.165) is 0 Å². The minimum Gasteiger partial charge on any atom is -0.375 e. The first kappa shape index (κ1) is 14.4. The number of rotatable bonds is 5. The Hall–Kier alpha value is -2.01. The van der Waals surface area contributed by atoms with Gasteiger partial charge >= 0.3 is 0 Å². The van der Waals surface area contributed by atoms with E-state index in [1.165, 1.54) is 0 Å². The lowest BCUT2D eigenvalue weighted by Gasteiger charge is -2.39. The van der Waals surface area contributed by atoms with Crippen molar-refractivity contribution in [1.82, 2.24) is 0 Å². The summed E-state index contributed by atoms with van der Waals surface area (Å²) in [5.41, 5.74) is -1.48. The molecular formula is C16H16O4. The minimum atomic E-state index is -2.60. The van der Waals surface area contributed by atoms with E-state index in [4.69, 9.17) is 0 Å². The third-order valence-electron chi connectivity index (χ3n) is 3.33. The first-order chi connectivity index (χ1) is 9.52. The van der Waals surface area contributed by atoms with Gasteiger partial charge in [0.1, 0.15) is 6.29 Å². The van der Waals surface area contributed by atoms with Crippen LogP contribution in [-0.4, -0.2) is 27.4 Å². The van der Waals surface area contributed by atoms with E-state index in [1.807, 2.05) is 0 Å². The van der Waals surface area contributed by atoms with E-state index >= 15 is 0 Å². The van der Waals surface area contributed by atoms with Crippen molar-refractivity contribution in [2.24, 2.45) is 0 Å². The molecule has 2 rings (SSSR count). The van der Waals surface area contributed by atoms with E-state index in [9.17, 15) is 20.1 Å². The highest BCUT2D eigenvalue weighted by Gasteiger charge is 2.50. The molecule has 0 bridgehead atoms. The molecule has 0 aliphatic carbocycles. The summed E-state index contributed by atoms with van der Waals surface area (Å²) in [6.45, 7) is 0. The van der Waals surface area contributed by atoms with Crippen molar-refractivity contribution in [3.05, 3.63) is 71.8 Å². The van der Waals surface area contributed by atoms with Gasteiger partial charge in [0.25, 0.3) is 0 Å². The molecule has 0 amide bonds. The molecule has 0 radical (unpaired) electrons. The molecule has 0 saturated carbocycles. The second-order valence-electron chi connectivity index (χ2n) is 4.63. The van der Waals surface area contributed by atoms with Gasteiger partial charge in [-0.3, -0.25) is 0 Å². The summed E-state index contributed by atoms with van der Waals surface area (Å²) in [4.78, 5) is 10.7. The Bertz CT molecular complexity index is 524. The zero-order chi connectivity index (χ0) is 14.6. The van der Waals surface area contributed by atoms with Gasteiger partial charge in [0.15, 0.2) is 5.60 Å². The monoisotopic (exact) mass is 272 g/mol. The second-order valence-corrected chi connectivity index (χ2v) is 4.63. The van der Waals surface area contributed by atoms with Crippen LogP contribution in [0.4, 0.5) is 0 Å². The Morgan fingerprint density at radius 1 is 0.800 bits per heavy atom. The van der Waals surface area contributed by atoms with Crippen LogP contribution in [0.3, 0.4) is 0 Å². The number of carbonyl (C=O) groups is 1. The van der Waals surface area contributed by atoms with Crippen LogP contribution in [0.2, 0.25) is 0 Å². The van der Waals surface area contributed by atoms with Crippen LogP contribution < -0.4 is 0 Å². The van der Waals surface area contributed by atoms with Crippen LogP contribution >= 0.6 is 0 Å². The second kappa shape index (κ2) is 5.54. The molecule has 0 aliphatic heterocycles. The predicted octanol–water partition coefficient (Wildman–Crippen LogP) is 1.19. The fourth-order valence-electron chi connectivity index (χ4n) is 2.25. The van der Waals surface area contributed by atoms with Crippen LogP contribution in [0.1, 0.15) is 17.5 Å². The molecule has 20 heavy (non-hydrogen) atoms. The largest absolute Gasteiger partial charge is 0.375 e. The van der Waals surface area contributed by atoms with Crippen LogP contribution in [0.25, 0.3) is 0 Å². The maximum atomic E-state index is 11.0. The zero-order valence-corrected chi connectivity index (χ0v) is 10.8. The van der Waals surface area contributed by atoms with Gasteiger partial charge in [0.2, 0.25) is 5.79 Å². The number of hydrogen-bond donors (Lipinski definition) is 3. The number of hydrogen-bond acceptors (Lipinski definition) is 4. The van der Waals surface area contributed by atoms with Crippen molar-refractivity contribution in [3.63, 3.8) is 0 Å². The number of carbonyl (C=O) groups excluding carboxylic acids is 1. The maximum Gasteiger partial charge on any atom is 0.207 e. The molecule has 0 unspecified atom stereocenters. The minimum absolute atomic E-state index is 0.304. The van der Waals surface area contributed by atoms with Crippen molar-refractivity contribution in [2.45, 2.75) is 17.8 Å². The average Bonchev–Trinajstić information content (AvgIpc) is 2.48. The fraction of sp³-hybridized carbons (Fsp3) is 0.188. The van der Waals surface area contributed by atoms with Gasteiger partial charge in [0.05, 0.1) is 6.42 Å². The first-order valence-electron chi connectivity index (χ1n) is 6.24. The van der Waals surface area contributed by atoms with E-state index in [1.54, 1.807) is 60.7 Å². The standard InChI is InChI=1S/C16H16O4/c17-12-11-15(18,19)16(20,13-7-3-1-4-8-13)14-9-5-2-6-10-14/h1-10,12,18-20H,11H2. The summed E-state index contributed by atoms with van der Waals surface area (Å²) in [6, 6.07) is 16.6. The topological polar surface area (TPSA) is 77.8 Å². The first-order valence-corrected chi connectivity index (χ1v) is 6.24.